The molecule has 1 aromatic carbocycles. The first-order chi connectivity index (χ1) is 8.14. The lowest BCUT2D eigenvalue weighted by atomic mass is 9.88. The Balaban J connectivity index is 2.06. The van der Waals surface area contributed by atoms with Gasteiger partial charge in [0.15, 0.2) is 0 Å². The molecule has 1 fully saturated rings. The molecule has 0 saturated carbocycles. The van der Waals surface area contributed by atoms with Crippen molar-refractivity contribution in [1.82, 2.24) is 5.32 Å². The van der Waals surface area contributed by atoms with Gasteiger partial charge in [-0.2, -0.15) is 0 Å². The topological polar surface area (TPSA) is 21.3 Å². The number of hydrogen-bond donors (Lipinski definition) is 1. The SMILES string of the molecule is CNC(Cc1ccc(Br)cc1)C1(C)CCCO1. The van der Waals surface area contributed by atoms with Gasteiger partial charge in [-0.3, -0.25) is 0 Å². The van der Waals surface area contributed by atoms with Crippen molar-refractivity contribution < 1.29 is 4.74 Å². The lowest BCUT2D eigenvalue weighted by Crippen LogP contribution is -2.48. The van der Waals surface area contributed by atoms with Crippen LogP contribution in [0.2, 0.25) is 0 Å². The number of likely N-dealkylation sites (N-methyl/N-ethyl adjacent to an activating group) is 1. The van der Waals surface area contributed by atoms with E-state index in [1.54, 1.807) is 0 Å². The van der Waals surface area contributed by atoms with E-state index >= 15 is 0 Å². The molecule has 1 aromatic rings. The molecule has 1 N–H and O–H groups in total. The summed E-state index contributed by atoms with van der Waals surface area (Å²) in [7, 11) is 2.02. The van der Waals surface area contributed by atoms with Crippen LogP contribution in [0, 0.1) is 0 Å². The van der Waals surface area contributed by atoms with Gasteiger partial charge >= 0.3 is 0 Å². The molecule has 0 aliphatic carbocycles. The largest absolute Gasteiger partial charge is 0.374 e. The standard InChI is InChI=1S/C14H20BrNO/c1-14(8-3-9-17-14)13(16-2)10-11-4-6-12(15)7-5-11/h4-7,13,16H,3,8-10H2,1-2H3. The summed E-state index contributed by atoms with van der Waals surface area (Å²) < 4.78 is 7.05. The second-order valence-electron chi connectivity index (χ2n) is 4.94. The Hall–Kier alpha value is -0.380. The molecule has 0 bridgehead atoms. The van der Waals surface area contributed by atoms with Crippen LogP contribution in [-0.2, 0) is 11.2 Å². The number of rotatable bonds is 4. The minimum absolute atomic E-state index is 0.0121. The molecular formula is C14H20BrNO. The van der Waals surface area contributed by atoms with E-state index in [4.69, 9.17) is 4.74 Å². The smallest absolute Gasteiger partial charge is 0.0810 e. The highest BCUT2D eigenvalue weighted by Crippen LogP contribution is 2.30. The maximum Gasteiger partial charge on any atom is 0.0810 e. The quantitative estimate of drug-likeness (QED) is 0.922. The molecule has 94 valence electrons. The number of halogens is 1. The van der Waals surface area contributed by atoms with Gasteiger partial charge in [0.05, 0.1) is 5.60 Å². The molecule has 0 radical (unpaired) electrons. The molecule has 1 aliphatic heterocycles. The third kappa shape index (κ3) is 3.09. The van der Waals surface area contributed by atoms with E-state index in [9.17, 15) is 0 Å². The monoisotopic (exact) mass is 297 g/mol. The van der Waals surface area contributed by atoms with E-state index in [1.165, 1.54) is 12.0 Å². The average Bonchev–Trinajstić information content (AvgIpc) is 2.76. The minimum Gasteiger partial charge on any atom is -0.374 e. The lowest BCUT2D eigenvalue weighted by Gasteiger charge is -2.33. The Labute approximate surface area is 112 Å². The molecule has 1 heterocycles. The van der Waals surface area contributed by atoms with Crippen molar-refractivity contribution in [2.45, 2.75) is 37.8 Å². The summed E-state index contributed by atoms with van der Waals surface area (Å²) in [5.41, 5.74) is 1.34. The van der Waals surface area contributed by atoms with Crippen LogP contribution >= 0.6 is 15.9 Å². The Morgan fingerprint density at radius 1 is 1.41 bits per heavy atom. The third-order valence-corrected chi connectivity index (χ3v) is 4.22. The molecule has 2 nitrogen and oxygen atoms in total. The Bertz CT molecular complexity index is 357. The van der Waals surface area contributed by atoms with Gasteiger partial charge in [-0.05, 0) is 50.9 Å². The van der Waals surface area contributed by atoms with Crippen LogP contribution in [0.25, 0.3) is 0 Å². The molecular weight excluding hydrogens is 278 g/mol. The molecule has 0 aromatic heterocycles. The summed E-state index contributed by atoms with van der Waals surface area (Å²) in [4.78, 5) is 0. The second-order valence-corrected chi connectivity index (χ2v) is 5.85. The lowest BCUT2D eigenvalue weighted by molar-refractivity contribution is -0.00943. The predicted octanol–water partition coefficient (Wildman–Crippen LogP) is 3.15. The van der Waals surface area contributed by atoms with Crippen molar-refractivity contribution in [2.75, 3.05) is 13.7 Å². The normalized spacial score (nSPS) is 26.1. The second kappa shape index (κ2) is 5.51. The fraction of sp³-hybridized carbons (Fsp3) is 0.571. The van der Waals surface area contributed by atoms with Gasteiger partial charge in [0.2, 0.25) is 0 Å². The van der Waals surface area contributed by atoms with Crippen LogP contribution in [0.4, 0.5) is 0 Å². The molecule has 0 spiro atoms. The molecule has 2 rings (SSSR count). The van der Waals surface area contributed by atoms with Crippen LogP contribution in [0.15, 0.2) is 28.7 Å². The van der Waals surface area contributed by atoms with Crippen molar-refractivity contribution in [1.29, 1.82) is 0 Å². The van der Waals surface area contributed by atoms with Crippen molar-refractivity contribution >= 4 is 15.9 Å². The zero-order valence-corrected chi connectivity index (χ0v) is 12.1. The van der Waals surface area contributed by atoms with E-state index in [1.807, 2.05) is 7.05 Å². The number of hydrogen-bond acceptors (Lipinski definition) is 2. The first-order valence-electron chi connectivity index (χ1n) is 6.20. The first kappa shape index (κ1) is 13.1. The van der Waals surface area contributed by atoms with E-state index in [0.717, 1.165) is 23.9 Å². The summed E-state index contributed by atoms with van der Waals surface area (Å²) >= 11 is 3.47. The van der Waals surface area contributed by atoms with E-state index < -0.39 is 0 Å². The third-order valence-electron chi connectivity index (χ3n) is 3.69. The van der Waals surface area contributed by atoms with Gasteiger partial charge in [0.25, 0.3) is 0 Å². The van der Waals surface area contributed by atoms with Crippen LogP contribution in [0.1, 0.15) is 25.3 Å². The van der Waals surface area contributed by atoms with Gasteiger partial charge in [-0.1, -0.05) is 28.1 Å². The predicted molar refractivity (Wildman–Crippen MR) is 74.3 cm³/mol. The number of benzene rings is 1. The fourth-order valence-corrected chi connectivity index (χ4v) is 2.82. The van der Waals surface area contributed by atoms with Gasteiger partial charge in [0, 0.05) is 17.1 Å². The summed E-state index contributed by atoms with van der Waals surface area (Å²) in [6.45, 7) is 3.12. The van der Waals surface area contributed by atoms with Gasteiger partial charge in [-0.25, -0.2) is 0 Å². The summed E-state index contributed by atoms with van der Waals surface area (Å²) in [6, 6.07) is 8.92. The Morgan fingerprint density at radius 2 is 2.12 bits per heavy atom. The zero-order chi connectivity index (χ0) is 12.3. The van der Waals surface area contributed by atoms with Crippen molar-refractivity contribution in [3.8, 4) is 0 Å². The average molecular weight is 298 g/mol. The maximum atomic E-state index is 5.92. The Morgan fingerprint density at radius 3 is 2.65 bits per heavy atom. The van der Waals surface area contributed by atoms with Crippen molar-refractivity contribution in [2.24, 2.45) is 0 Å². The molecule has 17 heavy (non-hydrogen) atoms. The van der Waals surface area contributed by atoms with Crippen LogP contribution in [0.5, 0.6) is 0 Å². The van der Waals surface area contributed by atoms with Crippen LogP contribution in [-0.4, -0.2) is 25.3 Å². The first-order valence-corrected chi connectivity index (χ1v) is 6.99. The van der Waals surface area contributed by atoms with Crippen molar-refractivity contribution in [3.05, 3.63) is 34.3 Å². The molecule has 1 aliphatic rings. The van der Waals surface area contributed by atoms with Crippen LogP contribution < -0.4 is 5.32 Å². The highest BCUT2D eigenvalue weighted by molar-refractivity contribution is 9.10. The van der Waals surface area contributed by atoms with Gasteiger partial charge in [0.1, 0.15) is 0 Å². The van der Waals surface area contributed by atoms with Crippen LogP contribution in [0.3, 0.4) is 0 Å². The highest BCUT2D eigenvalue weighted by atomic mass is 79.9. The molecule has 3 heteroatoms. The van der Waals surface area contributed by atoms with Crippen molar-refractivity contribution in [3.63, 3.8) is 0 Å². The molecule has 2 unspecified atom stereocenters. The number of nitrogens with one attached hydrogen (secondary N) is 1. The number of ether oxygens (including phenoxy) is 1. The summed E-state index contributed by atoms with van der Waals surface area (Å²) in [5, 5.41) is 3.41. The van der Waals surface area contributed by atoms with Gasteiger partial charge in [-0.15, -0.1) is 0 Å². The van der Waals surface area contributed by atoms with E-state index in [-0.39, 0.29) is 5.60 Å². The summed E-state index contributed by atoms with van der Waals surface area (Å²) in [5.74, 6) is 0. The molecule has 1 saturated heterocycles. The summed E-state index contributed by atoms with van der Waals surface area (Å²) in [6.07, 6.45) is 3.34. The Kier molecular flexibility index (Phi) is 4.23. The zero-order valence-electron chi connectivity index (χ0n) is 10.5. The molecule has 2 atom stereocenters. The van der Waals surface area contributed by atoms with E-state index in [0.29, 0.717) is 6.04 Å². The highest BCUT2D eigenvalue weighted by Gasteiger charge is 2.37. The van der Waals surface area contributed by atoms with Gasteiger partial charge < -0.3 is 10.1 Å². The molecule has 0 amide bonds. The van der Waals surface area contributed by atoms with E-state index in [2.05, 4.69) is 52.4 Å². The maximum absolute atomic E-state index is 5.92. The minimum atomic E-state index is -0.0121. The fourth-order valence-electron chi connectivity index (χ4n) is 2.55.